The Bertz CT molecular complexity index is 425. The van der Waals surface area contributed by atoms with Gasteiger partial charge in [-0.15, -0.1) is 0 Å². The fourth-order valence-corrected chi connectivity index (χ4v) is 1.57. The summed E-state index contributed by atoms with van der Waals surface area (Å²) < 4.78 is 74.2. The Kier molecular flexibility index (Phi) is 4.66. The van der Waals surface area contributed by atoms with Crippen molar-refractivity contribution >= 4 is 5.91 Å². The summed E-state index contributed by atoms with van der Waals surface area (Å²) in [5.41, 5.74) is 0. The maximum absolute atomic E-state index is 12.4. The highest BCUT2D eigenvalue weighted by molar-refractivity contribution is 5.80. The van der Waals surface area contributed by atoms with Gasteiger partial charge < -0.3 is 10.3 Å². The van der Waals surface area contributed by atoms with E-state index in [1.165, 1.54) is 19.3 Å². The molecule has 1 amide bonds. The van der Waals surface area contributed by atoms with Crippen LogP contribution in [0.15, 0.2) is 12.4 Å². The van der Waals surface area contributed by atoms with Crippen LogP contribution in [0.25, 0.3) is 0 Å². The zero-order valence-electron chi connectivity index (χ0n) is 10.1. The molecule has 114 valence electrons. The third kappa shape index (κ3) is 3.87. The maximum atomic E-state index is 12.4. The van der Waals surface area contributed by atoms with E-state index < -0.39 is 30.2 Å². The van der Waals surface area contributed by atoms with Gasteiger partial charge in [0.25, 0.3) is 0 Å². The van der Waals surface area contributed by atoms with Crippen LogP contribution in [0.5, 0.6) is 0 Å². The Labute approximate surface area is 109 Å². The molecule has 0 saturated carbocycles. The molecule has 20 heavy (non-hydrogen) atoms. The van der Waals surface area contributed by atoms with Gasteiger partial charge in [0.05, 0.1) is 6.04 Å². The molecule has 0 aliphatic rings. The first-order chi connectivity index (χ1) is 9.07. The van der Waals surface area contributed by atoms with Gasteiger partial charge >= 0.3 is 12.4 Å². The predicted molar refractivity (Wildman–Crippen MR) is 55.4 cm³/mol. The third-order valence-electron chi connectivity index (χ3n) is 2.49. The normalized spacial score (nSPS) is 14.4. The van der Waals surface area contributed by atoms with Gasteiger partial charge in [-0.3, -0.25) is 4.79 Å². The van der Waals surface area contributed by atoms with Crippen LogP contribution in [-0.2, 0) is 4.79 Å². The van der Waals surface area contributed by atoms with E-state index in [2.05, 4.69) is 9.97 Å². The molecule has 1 aromatic heterocycles. The highest BCUT2D eigenvalue weighted by Crippen LogP contribution is 2.39. The van der Waals surface area contributed by atoms with Crippen LogP contribution in [0.4, 0.5) is 26.3 Å². The highest BCUT2D eigenvalue weighted by atomic mass is 19.4. The quantitative estimate of drug-likeness (QED) is 0.840. The van der Waals surface area contributed by atoms with E-state index in [4.69, 9.17) is 0 Å². The van der Waals surface area contributed by atoms with Crippen LogP contribution in [-0.4, -0.2) is 28.2 Å². The Morgan fingerprint density at radius 2 is 1.85 bits per heavy atom. The SMILES string of the molecule is CCC(NC(=O)C(C(F)(F)F)C(F)(F)F)c1ncc[nH]1. The molecule has 0 bridgehead atoms. The molecule has 0 fully saturated rings. The Hall–Kier alpha value is -1.74. The van der Waals surface area contributed by atoms with Gasteiger partial charge in [-0.05, 0) is 6.42 Å². The molecule has 0 spiro atoms. The van der Waals surface area contributed by atoms with Crippen molar-refractivity contribution in [1.29, 1.82) is 0 Å². The van der Waals surface area contributed by atoms with Gasteiger partial charge in [-0.25, -0.2) is 4.98 Å². The van der Waals surface area contributed by atoms with Crippen LogP contribution in [0.3, 0.4) is 0 Å². The third-order valence-corrected chi connectivity index (χ3v) is 2.49. The number of halogens is 6. The van der Waals surface area contributed by atoms with Gasteiger partial charge in [-0.2, -0.15) is 26.3 Å². The zero-order chi connectivity index (χ0) is 15.6. The molecule has 1 heterocycles. The van der Waals surface area contributed by atoms with Crippen LogP contribution in [0, 0.1) is 5.92 Å². The second kappa shape index (κ2) is 5.71. The number of amides is 1. The summed E-state index contributed by atoms with van der Waals surface area (Å²) in [7, 11) is 0. The minimum atomic E-state index is -5.70. The van der Waals surface area contributed by atoms with E-state index in [0.717, 1.165) is 0 Å². The number of nitrogens with one attached hydrogen (secondary N) is 2. The van der Waals surface area contributed by atoms with E-state index in [9.17, 15) is 31.1 Å². The number of aromatic amines is 1. The Morgan fingerprint density at radius 3 is 2.20 bits per heavy atom. The number of H-pyrrole nitrogens is 1. The summed E-state index contributed by atoms with van der Waals surface area (Å²) in [6.07, 6.45) is -8.71. The lowest BCUT2D eigenvalue weighted by Crippen LogP contribution is -2.48. The van der Waals surface area contributed by atoms with Crippen LogP contribution < -0.4 is 5.32 Å². The topological polar surface area (TPSA) is 57.8 Å². The number of imidazole rings is 1. The maximum Gasteiger partial charge on any atom is 0.409 e. The van der Waals surface area contributed by atoms with Crippen molar-refractivity contribution in [3.8, 4) is 0 Å². The predicted octanol–water partition coefficient (Wildman–Crippen LogP) is 2.72. The van der Waals surface area contributed by atoms with Gasteiger partial charge in [0, 0.05) is 12.4 Å². The van der Waals surface area contributed by atoms with Gasteiger partial charge in [0.15, 0.2) is 0 Å². The minimum absolute atomic E-state index is 0.0850. The fourth-order valence-electron chi connectivity index (χ4n) is 1.57. The van der Waals surface area contributed by atoms with Gasteiger partial charge in [0.1, 0.15) is 5.82 Å². The molecule has 1 unspecified atom stereocenters. The Morgan fingerprint density at radius 1 is 1.30 bits per heavy atom. The molecule has 2 N–H and O–H groups in total. The van der Waals surface area contributed by atoms with E-state index in [-0.39, 0.29) is 12.2 Å². The van der Waals surface area contributed by atoms with Crippen molar-refractivity contribution in [3.05, 3.63) is 18.2 Å². The molecule has 0 saturated heterocycles. The summed E-state index contributed by atoms with van der Waals surface area (Å²) >= 11 is 0. The monoisotopic (exact) mass is 303 g/mol. The molecule has 1 rings (SSSR count). The number of carbonyl (C=O) groups excluding carboxylic acids is 1. The molecule has 0 aliphatic heterocycles. The van der Waals surface area contributed by atoms with E-state index in [1.54, 1.807) is 5.32 Å². The number of rotatable bonds is 4. The first-order valence-electron chi connectivity index (χ1n) is 5.50. The smallest absolute Gasteiger partial charge is 0.347 e. The van der Waals surface area contributed by atoms with Gasteiger partial charge in [0.2, 0.25) is 11.8 Å². The number of aromatic nitrogens is 2. The van der Waals surface area contributed by atoms with Crippen LogP contribution >= 0.6 is 0 Å². The second-order valence-corrected chi connectivity index (χ2v) is 3.96. The first-order valence-corrected chi connectivity index (χ1v) is 5.50. The molecule has 1 atom stereocenters. The van der Waals surface area contributed by atoms with Crippen molar-refractivity contribution in [3.63, 3.8) is 0 Å². The molecule has 0 aliphatic carbocycles. The fraction of sp³-hybridized carbons (Fsp3) is 0.600. The Balaban J connectivity index is 2.92. The lowest BCUT2D eigenvalue weighted by molar-refractivity contribution is -0.274. The summed E-state index contributed by atoms with van der Waals surface area (Å²) in [6.45, 7) is 1.49. The summed E-state index contributed by atoms with van der Waals surface area (Å²) in [5, 5.41) is 1.71. The molecule has 4 nitrogen and oxygen atoms in total. The van der Waals surface area contributed by atoms with E-state index >= 15 is 0 Å². The van der Waals surface area contributed by atoms with Crippen molar-refractivity contribution in [1.82, 2.24) is 15.3 Å². The first kappa shape index (κ1) is 16.3. The van der Waals surface area contributed by atoms with Crippen molar-refractivity contribution in [2.45, 2.75) is 31.7 Å². The standard InChI is InChI=1S/C10H11F6N3O/c1-2-5(7-17-3-4-18-7)19-8(20)6(9(11,12)13)10(14,15)16/h3-6H,2H2,1H3,(H,17,18)(H,19,20). The lowest BCUT2D eigenvalue weighted by atomic mass is 10.1. The molecule has 1 aromatic rings. The van der Waals surface area contributed by atoms with Crippen molar-refractivity contribution in [2.75, 3.05) is 0 Å². The molecule has 0 radical (unpaired) electrons. The average molecular weight is 303 g/mol. The number of hydrogen-bond donors (Lipinski definition) is 2. The van der Waals surface area contributed by atoms with E-state index in [0.29, 0.717) is 0 Å². The lowest BCUT2D eigenvalue weighted by Gasteiger charge is -2.24. The zero-order valence-corrected chi connectivity index (χ0v) is 10.1. The van der Waals surface area contributed by atoms with E-state index in [1.807, 2.05) is 0 Å². The number of nitrogens with zero attached hydrogens (tertiary/aromatic N) is 1. The largest absolute Gasteiger partial charge is 0.409 e. The number of hydrogen-bond acceptors (Lipinski definition) is 2. The van der Waals surface area contributed by atoms with Crippen LogP contribution in [0.1, 0.15) is 25.2 Å². The molecular formula is C10H11F6N3O. The summed E-state index contributed by atoms with van der Waals surface area (Å²) in [6, 6.07) is -1.05. The number of alkyl halides is 6. The number of carbonyl (C=O) groups is 1. The van der Waals surface area contributed by atoms with Crippen LogP contribution in [0.2, 0.25) is 0 Å². The summed E-state index contributed by atoms with van der Waals surface area (Å²) in [5.74, 6) is -6.11. The average Bonchev–Trinajstić information content (AvgIpc) is 2.74. The highest BCUT2D eigenvalue weighted by Gasteiger charge is 2.61. The molecular weight excluding hydrogens is 292 g/mol. The van der Waals surface area contributed by atoms with Gasteiger partial charge in [-0.1, -0.05) is 6.92 Å². The minimum Gasteiger partial charge on any atom is -0.347 e. The van der Waals surface area contributed by atoms with Crippen molar-refractivity contribution in [2.24, 2.45) is 5.92 Å². The summed E-state index contributed by atoms with van der Waals surface area (Å²) in [4.78, 5) is 17.5. The second-order valence-electron chi connectivity index (χ2n) is 3.96. The molecule has 10 heteroatoms. The van der Waals surface area contributed by atoms with Crippen molar-refractivity contribution < 1.29 is 31.1 Å². The molecule has 0 aromatic carbocycles.